The van der Waals surface area contributed by atoms with Crippen molar-refractivity contribution in [1.82, 2.24) is 0 Å². The first-order valence-corrected chi connectivity index (χ1v) is 6.45. The van der Waals surface area contributed by atoms with Crippen LogP contribution in [0.15, 0.2) is 4.99 Å². The first-order valence-electron chi connectivity index (χ1n) is 4.39. The van der Waals surface area contributed by atoms with Crippen molar-refractivity contribution in [2.75, 3.05) is 12.0 Å². The summed E-state index contributed by atoms with van der Waals surface area (Å²) in [5, 5.41) is 0. The van der Waals surface area contributed by atoms with Crippen molar-refractivity contribution in [2.45, 2.75) is 25.8 Å². The van der Waals surface area contributed by atoms with Crippen LogP contribution in [-0.2, 0) is 9.84 Å². The van der Waals surface area contributed by atoms with E-state index in [2.05, 4.69) is 4.99 Å². The lowest BCUT2D eigenvalue weighted by molar-refractivity contribution is 0.596. The first-order chi connectivity index (χ1) is 5.88. The number of nitrogens with two attached hydrogens (primary N) is 1. The monoisotopic (exact) mass is 204 g/mol. The zero-order chi connectivity index (χ0) is 10.1. The minimum atomic E-state index is -2.94. The van der Waals surface area contributed by atoms with Crippen LogP contribution in [0.4, 0.5) is 0 Å². The molecule has 1 rings (SSSR count). The van der Waals surface area contributed by atoms with E-state index in [0.29, 0.717) is 11.8 Å². The fourth-order valence-electron chi connectivity index (χ4n) is 1.21. The van der Waals surface area contributed by atoms with Crippen molar-refractivity contribution < 1.29 is 8.42 Å². The van der Waals surface area contributed by atoms with E-state index in [1.807, 2.05) is 0 Å². The Bertz CT molecular complexity index is 304. The molecule has 76 valence electrons. The molecule has 0 aromatic rings. The smallest absolute Gasteiger partial charge is 0.149 e. The van der Waals surface area contributed by atoms with Gasteiger partial charge in [0, 0.05) is 12.2 Å². The van der Waals surface area contributed by atoms with Gasteiger partial charge in [0.25, 0.3) is 0 Å². The van der Waals surface area contributed by atoms with Crippen molar-refractivity contribution in [3.05, 3.63) is 0 Å². The summed E-state index contributed by atoms with van der Waals surface area (Å²) in [5.41, 5.74) is 5.65. The molecule has 0 aromatic heterocycles. The third-order valence-electron chi connectivity index (χ3n) is 1.91. The highest BCUT2D eigenvalue weighted by Gasteiger charge is 2.26. The van der Waals surface area contributed by atoms with Gasteiger partial charge in [0.1, 0.15) is 9.84 Å². The van der Waals surface area contributed by atoms with Crippen LogP contribution >= 0.6 is 0 Å². The van der Waals surface area contributed by atoms with Gasteiger partial charge in [-0.25, -0.2) is 8.42 Å². The molecule has 1 saturated carbocycles. The second-order valence-corrected chi connectivity index (χ2v) is 5.95. The number of hydrogen-bond donors (Lipinski definition) is 1. The summed E-state index contributed by atoms with van der Waals surface area (Å²) in [6.45, 7) is 1.77. The molecule has 13 heavy (non-hydrogen) atoms. The molecule has 0 heterocycles. The standard InChI is InChI=1S/C8H16N2O2S/c1-6(5-13(2,11)12)10-8(9)7-3-4-7/h6-7H,3-5H2,1-2H3,(H2,9,10). The molecule has 0 aliphatic heterocycles. The molecule has 0 aromatic carbocycles. The lowest BCUT2D eigenvalue weighted by Gasteiger charge is -2.05. The topological polar surface area (TPSA) is 72.5 Å². The number of amidine groups is 1. The Kier molecular flexibility index (Phi) is 2.95. The number of aliphatic imine (C=N–C) groups is 1. The molecule has 0 bridgehead atoms. The van der Waals surface area contributed by atoms with Gasteiger partial charge in [-0.2, -0.15) is 0 Å². The van der Waals surface area contributed by atoms with E-state index in [-0.39, 0.29) is 11.8 Å². The van der Waals surface area contributed by atoms with Crippen molar-refractivity contribution in [1.29, 1.82) is 0 Å². The minimum Gasteiger partial charge on any atom is -0.387 e. The third-order valence-corrected chi connectivity index (χ3v) is 3.00. The molecule has 1 aliphatic rings. The largest absolute Gasteiger partial charge is 0.387 e. The Morgan fingerprint density at radius 2 is 2.15 bits per heavy atom. The highest BCUT2D eigenvalue weighted by molar-refractivity contribution is 7.90. The Labute approximate surface area is 79.1 Å². The Morgan fingerprint density at radius 1 is 1.62 bits per heavy atom. The van der Waals surface area contributed by atoms with Crippen molar-refractivity contribution in [3.8, 4) is 0 Å². The molecular formula is C8H16N2O2S. The van der Waals surface area contributed by atoms with Crippen LogP contribution in [0.5, 0.6) is 0 Å². The van der Waals surface area contributed by atoms with Crippen LogP contribution in [0.2, 0.25) is 0 Å². The Balaban J connectivity index is 2.48. The Hall–Kier alpha value is -0.580. The highest BCUT2D eigenvalue weighted by atomic mass is 32.2. The zero-order valence-corrected chi connectivity index (χ0v) is 8.84. The summed E-state index contributed by atoms with van der Waals surface area (Å²) < 4.78 is 21.8. The lowest BCUT2D eigenvalue weighted by atomic mass is 10.3. The maximum atomic E-state index is 10.9. The molecule has 4 nitrogen and oxygen atoms in total. The molecule has 1 atom stereocenters. The first kappa shape index (κ1) is 10.5. The Morgan fingerprint density at radius 3 is 2.54 bits per heavy atom. The maximum Gasteiger partial charge on any atom is 0.149 e. The van der Waals surface area contributed by atoms with Gasteiger partial charge >= 0.3 is 0 Å². The second-order valence-electron chi connectivity index (χ2n) is 3.77. The summed E-state index contributed by atoms with van der Waals surface area (Å²) in [7, 11) is -2.94. The van der Waals surface area contributed by atoms with Gasteiger partial charge in [-0.1, -0.05) is 0 Å². The lowest BCUT2D eigenvalue weighted by Crippen LogP contribution is -2.21. The molecule has 2 N–H and O–H groups in total. The number of rotatable bonds is 4. The molecule has 0 radical (unpaired) electrons. The maximum absolute atomic E-state index is 10.9. The quantitative estimate of drug-likeness (QED) is 0.524. The van der Waals surface area contributed by atoms with E-state index in [9.17, 15) is 8.42 Å². The van der Waals surface area contributed by atoms with Crippen LogP contribution in [0.3, 0.4) is 0 Å². The third kappa shape index (κ3) is 4.26. The van der Waals surface area contributed by atoms with E-state index >= 15 is 0 Å². The SMILES string of the molecule is CC(CS(C)(=O)=O)N=C(N)C1CC1. The normalized spacial score (nSPS) is 21.5. The molecule has 5 heteroatoms. The van der Waals surface area contributed by atoms with Gasteiger partial charge in [0.05, 0.1) is 17.6 Å². The summed E-state index contributed by atoms with van der Waals surface area (Å²) in [6, 6.07) is -0.212. The molecule has 0 amide bonds. The van der Waals surface area contributed by atoms with Gasteiger partial charge in [-0.05, 0) is 19.8 Å². The fourth-order valence-corrected chi connectivity index (χ4v) is 2.17. The van der Waals surface area contributed by atoms with Crippen molar-refractivity contribution in [3.63, 3.8) is 0 Å². The molecular weight excluding hydrogens is 188 g/mol. The van der Waals surface area contributed by atoms with Crippen LogP contribution in [0, 0.1) is 5.92 Å². The summed E-state index contributed by atoms with van der Waals surface area (Å²) >= 11 is 0. The van der Waals surface area contributed by atoms with Gasteiger partial charge in [0.2, 0.25) is 0 Å². The van der Waals surface area contributed by atoms with Crippen LogP contribution in [0.25, 0.3) is 0 Å². The van der Waals surface area contributed by atoms with Crippen LogP contribution in [-0.4, -0.2) is 32.3 Å². The predicted octanol–water partition coefficient (Wildman–Crippen LogP) is 0.187. The molecule has 0 saturated heterocycles. The van der Waals surface area contributed by atoms with Gasteiger partial charge in [-0.3, -0.25) is 4.99 Å². The molecule has 0 spiro atoms. The van der Waals surface area contributed by atoms with Crippen molar-refractivity contribution in [2.24, 2.45) is 16.6 Å². The van der Waals surface area contributed by atoms with Gasteiger partial charge in [0.15, 0.2) is 0 Å². The van der Waals surface area contributed by atoms with Gasteiger partial charge in [-0.15, -0.1) is 0 Å². The number of sulfone groups is 1. The van der Waals surface area contributed by atoms with Crippen LogP contribution < -0.4 is 5.73 Å². The average Bonchev–Trinajstić information content (AvgIpc) is 2.60. The predicted molar refractivity (Wildman–Crippen MR) is 53.5 cm³/mol. The number of hydrogen-bond acceptors (Lipinski definition) is 3. The second kappa shape index (κ2) is 3.65. The van der Waals surface area contributed by atoms with Crippen LogP contribution in [0.1, 0.15) is 19.8 Å². The molecule has 1 aliphatic carbocycles. The molecule has 1 unspecified atom stereocenters. The number of nitrogens with zero attached hydrogens (tertiary/aromatic N) is 1. The minimum absolute atomic E-state index is 0.0837. The highest BCUT2D eigenvalue weighted by Crippen LogP contribution is 2.28. The van der Waals surface area contributed by atoms with E-state index in [1.165, 1.54) is 6.26 Å². The zero-order valence-electron chi connectivity index (χ0n) is 8.03. The average molecular weight is 204 g/mol. The van der Waals surface area contributed by atoms with Crippen molar-refractivity contribution >= 4 is 15.7 Å². The van der Waals surface area contributed by atoms with E-state index in [4.69, 9.17) is 5.73 Å². The van der Waals surface area contributed by atoms with E-state index < -0.39 is 9.84 Å². The fraction of sp³-hybridized carbons (Fsp3) is 0.875. The molecule has 1 fully saturated rings. The summed E-state index contributed by atoms with van der Waals surface area (Å²) in [5.74, 6) is 1.12. The van der Waals surface area contributed by atoms with E-state index in [1.54, 1.807) is 6.92 Å². The summed E-state index contributed by atoms with van der Waals surface area (Å²) in [6.07, 6.45) is 3.41. The van der Waals surface area contributed by atoms with Gasteiger partial charge < -0.3 is 5.73 Å². The van der Waals surface area contributed by atoms with E-state index in [0.717, 1.165) is 12.8 Å². The summed E-state index contributed by atoms with van der Waals surface area (Å²) in [4.78, 5) is 4.14.